The Morgan fingerprint density at radius 1 is 0.750 bits per heavy atom. The number of halogens is 3. The van der Waals surface area contributed by atoms with E-state index in [0.717, 1.165) is 26.7 Å². The van der Waals surface area contributed by atoms with Crippen molar-refractivity contribution in [2.75, 3.05) is 0 Å². The molecule has 3 aromatic carbocycles. The quantitative estimate of drug-likeness (QED) is 0.140. The van der Waals surface area contributed by atoms with E-state index >= 15 is 0 Å². The van der Waals surface area contributed by atoms with Crippen molar-refractivity contribution in [2.45, 2.75) is 13.8 Å². The minimum absolute atomic E-state index is 0. The molecule has 0 fully saturated rings. The number of aromatic nitrogens is 3. The van der Waals surface area contributed by atoms with Crippen molar-refractivity contribution < 1.29 is 28.9 Å². The molecule has 5 aromatic rings. The smallest absolute Gasteiger partial charge is 0.219 e. The molecule has 7 heteroatoms. The molecule has 0 amide bonds. The molecule has 2 aromatic heterocycles. The third-order valence-electron chi connectivity index (χ3n) is 5.61. The largest absolute Gasteiger partial charge is 0.304 e. The molecule has 1 radical (unpaired) electrons. The molecule has 0 atom stereocenters. The van der Waals surface area contributed by atoms with E-state index in [2.05, 4.69) is 81.1 Å². The molecule has 0 saturated carbocycles. The normalized spacial score (nSPS) is 10.7. The van der Waals surface area contributed by atoms with Crippen LogP contribution < -0.4 is 0 Å². The molecule has 0 N–H and O–H groups in total. The third kappa shape index (κ3) is 5.49. The second-order valence-corrected chi connectivity index (χ2v) is 9.15. The first-order valence-electron chi connectivity index (χ1n) is 10.9. The molecule has 0 saturated heterocycles. The van der Waals surface area contributed by atoms with E-state index in [1.807, 2.05) is 24.3 Å². The maximum Gasteiger partial charge on any atom is 0.219 e. The Balaban J connectivity index is 0.00000304. The summed E-state index contributed by atoms with van der Waals surface area (Å²) in [6.45, 7) is 4.21. The van der Waals surface area contributed by atoms with Gasteiger partial charge < -0.3 is 4.98 Å². The standard InChI is InChI=1S/C29H19BrF2N3.Ir/c1-17-11-18(2)13-21(12-17)22-5-3-4-6-23(22)24-9-7-19(14-25(24)30)26-10-8-20(16-33-26)29-34-27(31)15-28(32)35-29;/h3-6,8-16H,1-2H3;/q-1;. The summed E-state index contributed by atoms with van der Waals surface area (Å²) in [5, 5.41) is 0. The van der Waals surface area contributed by atoms with Gasteiger partial charge in [-0.25, -0.2) is 0 Å². The van der Waals surface area contributed by atoms with Gasteiger partial charge in [-0.05, 0) is 30.7 Å². The van der Waals surface area contributed by atoms with E-state index in [1.165, 1.54) is 22.9 Å². The number of aryl methyl sites for hydroxylation is 2. The maximum atomic E-state index is 13.4. The van der Waals surface area contributed by atoms with Crippen LogP contribution in [0.3, 0.4) is 0 Å². The monoisotopic (exact) mass is 719 g/mol. The van der Waals surface area contributed by atoms with E-state index in [-0.39, 0.29) is 25.9 Å². The van der Waals surface area contributed by atoms with Crippen LogP contribution in [0.4, 0.5) is 8.78 Å². The predicted octanol–water partition coefficient (Wildman–Crippen LogP) is 7.99. The van der Waals surface area contributed by atoms with Gasteiger partial charge in [-0.1, -0.05) is 97.3 Å². The number of benzene rings is 3. The van der Waals surface area contributed by atoms with Crippen LogP contribution in [0.5, 0.6) is 0 Å². The first kappa shape index (κ1) is 26.0. The van der Waals surface area contributed by atoms with Crippen LogP contribution in [0.2, 0.25) is 0 Å². The maximum absolute atomic E-state index is 13.4. The molecular formula is C29H19BrF2IrN3-. The molecule has 3 nitrogen and oxygen atoms in total. The zero-order chi connectivity index (χ0) is 24.5. The van der Waals surface area contributed by atoms with Gasteiger partial charge in [0.1, 0.15) is 0 Å². The molecule has 0 bridgehead atoms. The SMILES string of the molecule is Cc1cc(C)cc(-c2ccccc2-c2c[c-]c(-c3ccc(-c4nc(F)cc(F)n4)cn3)cc2Br)c1.[Ir]. The van der Waals surface area contributed by atoms with Gasteiger partial charge in [0.25, 0.3) is 0 Å². The third-order valence-corrected chi connectivity index (χ3v) is 6.27. The van der Waals surface area contributed by atoms with E-state index in [9.17, 15) is 8.78 Å². The van der Waals surface area contributed by atoms with Crippen LogP contribution in [0.1, 0.15) is 11.1 Å². The molecule has 2 heterocycles. The minimum atomic E-state index is -0.925. The molecule has 0 aliphatic heterocycles. The summed E-state index contributed by atoms with van der Waals surface area (Å²) in [7, 11) is 0. The Hall–Kier alpha value is -3.12. The fraction of sp³-hybridized carbons (Fsp3) is 0.0690. The zero-order valence-corrected chi connectivity index (χ0v) is 23.3. The van der Waals surface area contributed by atoms with Crippen molar-refractivity contribution in [3.63, 3.8) is 0 Å². The van der Waals surface area contributed by atoms with Crippen LogP contribution >= 0.6 is 15.9 Å². The van der Waals surface area contributed by atoms with E-state index in [0.29, 0.717) is 17.3 Å². The number of pyridine rings is 1. The number of hydrogen-bond acceptors (Lipinski definition) is 3. The van der Waals surface area contributed by atoms with Gasteiger partial charge in [0.15, 0.2) is 5.82 Å². The van der Waals surface area contributed by atoms with Crippen molar-refractivity contribution in [1.29, 1.82) is 0 Å². The van der Waals surface area contributed by atoms with Crippen molar-refractivity contribution in [3.8, 4) is 44.9 Å². The predicted molar refractivity (Wildman–Crippen MR) is 137 cm³/mol. The molecule has 0 unspecified atom stereocenters. The fourth-order valence-corrected chi connectivity index (χ4v) is 4.68. The summed E-state index contributed by atoms with van der Waals surface area (Å²) in [6.07, 6.45) is 1.49. The molecule has 0 aliphatic rings. The topological polar surface area (TPSA) is 38.7 Å². The second-order valence-electron chi connectivity index (χ2n) is 8.30. The summed E-state index contributed by atoms with van der Waals surface area (Å²) in [5.41, 5.74) is 8.74. The van der Waals surface area contributed by atoms with Crippen LogP contribution in [-0.2, 0) is 20.1 Å². The Kier molecular flexibility index (Phi) is 7.84. The van der Waals surface area contributed by atoms with Gasteiger partial charge >= 0.3 is 0 Å². The summed E-state index contributed by atoms with van der Waals surface area (Å²) in [5.74, 6) is -1.90. The number of rotatable bonds is 4. The van der Waals surface area contributed by atoms with Gasteiger partial charge in [0.2, 0.25) is 11.9 Å². The van der Waals surface area contributed by atoms with Gasteiger partial charge in [-0.2, -0.15) is 18.7 Å². The Bertz CT molecular complexity index is 1520. The van der Waals surface area contributed by atoms with Crippen molar-refractivity contribution in [2.24, 2.45) is 0 Å². The number of hydrogen-bond donors (Lipinski definition) is 0. The van der Waals surface area contributed by atoms with Crippen LogP contribution in [0.15, 0.2) is 83.5 Å². The van der Waals surface area contributed by atoms with E-state index in [1.54, 1.807) is 12.1 Å². The fourth-order valence-electron chi connectivity index (χ4n) is 4.12. The van der Waals surface area contributed by atoms with E-state index in [4.69, 9.17) is 0 Å². The summed E-state index contributed by atoms with van der Waals surface area (Å²) in [4.78, 5) is 11.7. The van der Waals surface area contributed by atoms with Crippen LogP contribution in [0, 0.1) is 31.8 Å². The van der Waals surface area contributed by atoms with Gasteiger partial charge in [0, 0.05) is 37.9 Å². The van der Waals surface area contributed by atoms with Crippen LogP contribution in [-0.4, -0.2) is 15.0 Å². The molecular weight excluding hydrogens is 700 g/mol. The summed E-state index contributed by atoms with van der Waals surface area (Å²) in [6, 6.07) is 26.2. The second kappa shape index (κ2) is 10.9. The average Bonchev–Trinajstić information content (AvgIpc) is 2.83. The van der Waals surface area contributed by atoms with E-state index < -0.39 is 11.9 Å². The van der Waals surface area contributed by atoms with Gasteiger partial charge in [-0.15, -0.1) is 23.8 Å². The van der Waals surface area contributed by atoms with Gasteiger partial charge in [0.05, 0.1) is 0 Å². The average molecular weight is 720 g/mol. The zero-order valence-electron chi connectivity index (χ0n) is 19.3. The molecule has 181 valence electrons. The molecule has 0 spiro atoms. The summed E-state index contributed by atoms with van der Waals surface area (Å²) >= 11 is 3.73. The van der Waals surface area contributed by atoms with Gasteiger partial charge in [-0.3, -0.25) is 0 Å². The molecule has 36 heavy (non-hydrogen) atoms. The Morgan fingerprint density at radius 3 is 2.03 bits per heavy atom. The molecule has 0 aliphatic carbocycles. The number of nitrogens with zero attached hydrogens (tertiary/aromatic N) is 3. The first-order valence-corrected chi connectivity index (χ1v) is 11.7. The van der Waals surface area contributed by atoms with Crippen molar-refractivity contribution in [1.82, 2.24) is 15.0 Å². The Labute approximate surface area is 230 Å². The summed E-state index contributed by atoms with van der Waals surface area (Å²) < 4.78 is 27.8. The van der Waals surface area contributed by atoms with Crippen molar-refractivity contribution >= 4 is 15.9 Å². The molecule has 5 rings (SSSR count). The first-order chi connectivity index (χ1) is 16.9. The van der Waals surface area contributed by atoms with Crippen LogP contribution in [0.25, 0.3) is 44.9 Å². The van der Waals surface area contributed by atoms with Crippen molar-refractivity contribution in [3.05, 3.63) is 113 Å². The Morgan fingerprint density at radius 2 is 1.42 bits per heavy atom. The minimum Gasteiger partial charge on any atom is -0.304 e.